The van der Waals surface area contributed by atoms with Crippen molar-refractivity contribution in [2.45, 2.75) is 18.4 Å². The van der Waals surface area contributed by atoms with E-state index in [1.807, 2.05) is 25.1 Å². The maximum Gasteiger partial charge on any atom is 0.323 e. The summed E-state index contributed by atoms with van der Waals surface area (Å²) in [4.78, 5) is 34.9. The Hall–Kier alpha value is -4.89. The standard InChI is InChI=1S/C35H34F2N6O5S/c1-21-3-6-24(7-4-21)49(46)43-11-9-25-27(20-41(2)34(44)32(25)43)26-17-22(19-38-10-12-42-13-15-47-16-14-42)30-31(40-35(45)39-30)33(26)48-29-8-5-23(36)18-28(29)37/h3-9,11,17-18,20,38H,10,12-16,19H2,1-2H3,(H2,39,40,45). The molecular formula is C35H34F2N6O5S. The molecule has 14 heteroatoms. The van der Waals surface area contributed by atoms with Crippen LogP contribution in [0.1, 0.15) is 11.1 Å². The zero-order valence-electron chi connectivity index (χ0n) is 26.8. The third-order valence-electron chi connectivity index (χ3n) is 8.65. The number of aromatic amines is 2. The summed E-state index contributed by atoms with van der Waals surface area (Å²) in [5, 5.41) is 3.92. The summed E-state index contributed by atoms with van der Waals surface area (Å²) in [6.45, 7) is 6.86. The highest BCUT2D eigenvalue weighted by Crippen LogP contribution is 2.42. The van der Waals surface area contributed by atoms with Gasteiger partial charge in [-0.2, -0.15) is 0 Å². The lowest BCUT2D eigenvalue weighted by Gasteiger charge is -2.26. The van der Waals surface area contributed by atoms with Crippen molar-refractivity contribution in [2.75, 3.05) is 39.4 Å². The van der Waals surface area contributed by atoms with Crippen LogP contribution < -0.4 is 21.3 Å². The van der Waals surface area contributed by atoms with E-state index in [4.69, 9.17) is 9.47 Å². The number of aryl methyl sites for hydroxylation is 2. The topological polar surface area (TPSA) is 126 Å². The van der Waals surface area contributed by atoms with Crippen molar-refractivity contribution < 1.29 is 22.5 Å². The molecule has 4 heterocycles. The second-order valence-corrected chi connectivity index (χ2v) is 13.3. The van der Waals surface area contributed by atoms with Gasteiger partial charge in [-0.3, -0.25) is 13.7 Å². The molecule has 1 saturated heterocycles. The Morgan fingerprint density at radius 2 is 1.73 bits per heavy atom. The molecule has 49 heavy (non-hydrogen) atoms. The fourth-order valence-corrected chi connectivity index (χ4v) is 7.20. The van der Waals surface area contributed by atoms with Crippen molar-refractivity contribution in [3.63, 3.8) is 0 Å². The Labute approximate surface area is 281 Å². The average Bonchev–Trinajstić information content (AvgIpc) is 3.71. The molecule has 0 amide bonds. The van der Waals surface area contributed by atoms with Gasteiger partial charge in [-0.15, -0.1) is 0 Å². The molecule has 1 unspecified atom stereocenters. The minimum Gasteiger partial charge on any atom is -0.451 e. The van der Waals surface area contributed by atoms with Crippen LogP contribution in [0.4, 0.5) is 8.78 Å². The summed E-state index contributed by atoms with van der Waals surface area (Å²) in [7, 11) is -0.157. The van der Waals surface area contributed by atoms with Crippen molar-refractivity contribution in [1.29, 1.82) is 0 Å². The number of rotatable bonds is 10. The van der Waals surface area contributed by atoms with E-state index in [0.717, 1.165) is 31.3 Å². The number of fused-ring (bicyclic) bond motifs is 2. The number of H-pyrrole nitrogens is 2. The lowest BCUT2D eigenvalue weighted by atomic mass is 9.98. The Morgan fingerprint density at radius 1 is 0.980 bits per heavy atom. The fourth-order valence-electron chi connectivity index (χ4n) is 6.09. The van der Waals surface area contributed by atoms with Crippen LogP contribution >= 0.6 is 0 Å². The second-order valence-electron chi connectivity index (χ2n) is 12.0. The number of hydrogen-bond donors (Lipinski definition) is 3. The molecule has 3 N–H and O–H groups in total. The maximum atomic E-state index is 15.0. The molecule has 0 radical (unpaired) electrons. The van der Waals surface area contributed by atoms with Crippen molar-refractivity contribution in [2.24, 2.45) is 7.05 Å². The summed E-state index contributed by atoms with van der Waals surface area (Å²) in [5.74, 6) is -1.88. The van der Waals surface area contributed by atoms with Crippen LogP contribution in [0.15, 0.2) is 81.5 Å². The molecule has 254 valence electrons. The first kappa shape index (κ1) is 32.6. The smallest absolute Gasteiger partial charge is 0.323 e. The molecule has 0 aliphatic carbocycles. The molecule has 1 atom stereocenters. The summed E-state index contributed by atoms with van der Waals surface area (Å²) in [5.41, 5.74) is 2.67. The molecule has 1 aliphatic rings. The summed E-state index contributed by atoms with van der Waals surface area (Å²) in [6, 6.07) is 13.7. The van der Waals surface area contributed by atoms with Gasteiger partial charge in [0, 0.05) is 74.7 Å². The molecule has 0 spiro atoms. The van der Waals surface area contributed by atoms with Crippen LogP contribution in [0, 0.1) is 18.6 Å². The Kier molecular flexibility index (Phi) is 9.03. The number of nitrogens with zero attached hydrogens (tertiary/aromatic N) is 3. The van der Waals surface area contributed by atoms with Crippen molar-refractivity contribution in [3.8, 4) is 22.6 Å². The number of nitrogens with one attached hydrogen (secondary N) is 3. The van der Waals surface area contributed by atoms with Crippen LogP contribution in [0.2, 0.25) is 0 Å². The number of benzene rings is 3. The molecule has 1 fully saturated rings. The number of ether oxygens (including phenoxy) is 2. The third-order valence-corrected chi connectivity index (χ3v) is 9.98. The predicted octanol–water partition coefficient (Wildman–Crippen LogP) is 4.55. The molecule has 6 aromatic rings. The van der Waals surface area contributed by atoms with Crippen LogP contribution in [0.5, 0.6) is 11.5 Å². The van der Waals surface area contributed by atoms with Gasteiger partial charge >= 0.3 is 5.69 Å². The van der Waals surface area contributed by atoms with Gasteiger partial charge in [-0.1, -0.05) is 17.7 Å². The first-order valence-corrected chi connectivity index (χ1v) is 16.9. The van der Waals surface area contributed by atoms with Gasteiger partial charge in [-0.05, 0) is 48.9 Å². The zero-order valence-corrected chi connectivity index (χ0v) is 27.7. The predicted molar refractivity (Wildman–Crippen MR) is 183 cm³/mol. The number of halogens is 2. The fraction of sp³-hybridized carbons (Fsp3) is 0.257. The van der Waals surface area contributed by atoms with Crippen LogP contribution in [-0.4, -0.2) is 67.0 Å². The highest BCUT2D eigenvalue weighted by atomic mass is 32.2. The molecule has 3 aromatic heterocycles. The maximum absolute atomic E-state index is 15.0. The quantitative estimate of drug-likeness (QED) is 0.181. The summed E-state index contributed by atoms with van der Waals surface area (Å²) in [6.07, 6.45) is 3.22. The molecule has 7 rings (SSSR count). The van der Waals surface area contributed by atoms with Crippen LogP contribution in [-0.2, 0) is 29.3 Å². The van der Waals surface area contributed by atoms with E-state index in [1.54, 1.807) is 37.6 Å². The zero-order chi connectivity index (χ0) is 34.2. The number of hydrogen-bond acceptors (Lipinski definition) is 7. The van der Waals surface area contributed by atoms with Gasteiger partial charge in [0.2, 0.25) is 0 Å². The van der Waals surface area contributed by atoms with Gasteiger partial charge < -0.3 is 29.3 Å². The van der Waals surface area contributed by atoms with E-state index < -0.39 is 28.3 Å². The monoisotopic (exact) mass is 688 g/mol. The van der Waals surface area contributed by atoms with E-state index in [2.05, 4.69) is 20.2 Å². The van der Waals surface area contributed by atoms with Gasteiger partial charge in [-0.25, -0.2) is 17.8 Å². The molecule has 0 saturated carbocycles. The summed E-state index contributed by atoms with van der Waals surface area (Å²) < 4.78 is 57.1. The largest absolute Gasteiger partial charge is 0.451 e. The van der Waals surface area contributed by atoms with E-state index >= 15 is 4.39 Å². The SMILES string of the molecule is Cc1ccc(S(=O)n2ccc3c(-c4cc(CNCCN5CCOCC5)c5[nH]c(=O)[nH]c5c4Oc4ccc(F)cc4F)cn(C)c(=O)c32)cc1. The minimum absolute atomic E-state index is 0.0864. The van der Waals surface area contributed by atoms with E-state index in [1.165, 1.54) is 14.6 Å². The minimum atomic E-state index is -1.74. The second kappa shape index (κ2) is 13.6. The highest BCUT2D eigenvalue weighted by molar-refractivity contribution is 7.83. The number of morpholine rings is 1. The van der Waals surface area contributed by atoms with Gasteiger partial charge in [0.05, 0.1) is 23.6 Å². The Bertz CT molecular complexity index is 2320. The van der Waals surface area contributed by atoms with E-state index in [-0.39, 0.29) is 28.1 Å². The highest BCUT2D eigenvalue weighted by Gasteiger charge is 2.24. The number of aromatic nitrogens is 4. The third kappa shape index (κ3) is 6.47. The normalized spacial score (nSPS) is 14.5. The molecule has 3 aromatic carbocycles. The summed E-state index contributed by atoms with van der Waals surface area (Å²) >= 11 is 0. The number of pyridine rings is 1. The van der Waals surface area contributed by atoms with E-state index in [9.17, 15) is 18.2 Å². The van der Waals surface area contributed by atoms with Gasteiger partial charge in [0.15, 0.2) is 28.3 Å². The first-order valence-electron chi connectivity index (χ1n) is 15.8. The van der Waals surface area contributed by atoms with Gasteiger partial charge in [0.25, 0.3) is 5.56 Å². The molecule has 0 bridgehead atoms. The molecular weight excluding hydrogens is 654 g/mol. The lowest BCUT2D eigenvalue weighted by Crippen LogP contribution is -2.40. The lowest BCUT2D eigenvalue weighted by molar-refractivity contribution is 0.0384. The average molecular weight is 689 g/mol. The van der Waals surface area contributed by atoms with Crippen molar-refractivity contribution >= 4 is 32.9 Å². The Balaban J connectivity index is 1.38. The van der Waals surface area contributed by atoms with Crippen molar-refractivity contribution in [1.82, 2.24) is 28.7 Å². The first-order chi connectivity index (χ1) is 23.7. The number of imidazole rings is 1. The molecule has 1 aliphatic heterocycles. The van der Waals surface area contributed by atoms with Crippen LogP contribution in [0.25, 0.3) is 33.1 Å². The van der Waals surface area contributed by atoms with E-state index in [0.29, 0.717) is 64.9 Å². The van der Waals surface area contributed by atoms with Crippen LogP contribution in [0.3, 0.4) is 0 Å². The molecule has 11 nitrogen and oxygen atoms in total. The van der Waals surface area contributed by atoms with Crippen molar-refractivity contribution in [3.05, 3.63) is 111 Å². The van der Waals surface area contributed by atoms with Gasteiger partial charge in [0.1, 0.15) is 16.9 Å². The Morgan fingerprint density at radius 3 is 2.49 bits per heavy atom.